The minimum absolute atomic E-state index is 0.119. The van der Waals surface area contributed by atoms with E-state index in [1.807, 2.05) is 0 Å². The van der Waals surface area contributed by atoms with Gasteiger partial charge in [-0.15, -0.1) is 11.3 Å². The Kier molecular flexibility index (Phi) is 3.39. The minimum atomic E-state index is -0.951. The highest BCUT2D eigenvalue weighted by atomic mass is 32.1. The van der Waals surface area contributed by atoms with Crippen molar-refractivity contribution in [3.63, 3.8) is 0 Å². The monoisotopic (exact) mass is 238 g/mol. The van der Waals surface area contributed by atoms with Crippen molar-refractivity contribution in [2.24, 2.45) is 5.92 Å². The number of hydrogen-bond donors (Lipinski definition) is 1. The van der Waals surface area contributed by atoms with E-state index < -0.39 is 5.97 Å². The van der Waals surface area contributed by atoms with E-state index in [1.165, 1.54) is 12.5 Å². The molecule has 0 saturated heterocycles. The molecule has 1 saturated carbocycles. The summed E-state index contributed by atoms with van der Waals surface area (Å²) in [5.41, 5.74) is 0. The summed E-state index contributed by atoms with van der Waals surface area (Å²) in [6.07, 6.45) is 5.37. The Morgan fingerprint density at radius 1 is 1.12 bits per heavy atom. The molecule has 1 heterocycles. The Morgan fingerprint density at radius 2 is 1.75 bits per heavy atom. The fourth-order valence-electron chi connectivity index (χ4n) is 2.15. The molecule has 1 N–H and O–H groups in total. The molecule has 3 nitrogen and oxygen atoms in total. The number of carbonyl (C=O) groups is 2. The van der Waals surface area contributed by atoms with Gasteiger partial charge in [0.15, 0.2) is 5.78 Å². The summed E-state index contributed by atoms with van der Waals surface area (Å²) in [7, 11) is 0. The topological polar surface area (TPSA) is 54.4 Å². The molecule has 0 bridgehead atoms. The zero-order valence-corrected chi connectivity index (χ0v) is 9.76. The van der Waals surface area contributed by atoms with Gasteiger partial charge in [0.1, 0.15) is 4.88 Å². The van der Waals surface area contributed by atoms with Crippen LogP contribution in [0, 0.1) is 5.92 Å². The van der Waals surface area contributed by atoms with Gasteiger partial charge in [-0.1, -0.05) is 19.3 Å². The molecule has 0 spiro atoms. The van der Waals surface area contributed by atoms with Crippen LogP contribution in [0.2, 0.25) is 0 Å². The Bertz CT molecular complexity index is 402. The van der Waals surface area contributed by atoms with Gasteiger partial charge in [-0.2, -0.15) is 0 Å². The van der Waals surface area contributed by atoms with Gasteiger partial charge in [0.25, 0.3) is 0 Å². The maximum absolute atomic E-state index is 12.1. The SMILES string of the molecule is O=C(O)c1ccc(C(=O)C2CCCCC2)s1. The van der Waals surface area contributed by atoms with Gasteiger partial charge in [0.05, 0.1) is 4.88 Å². The third-order valence-electron chi connectivity index (χ3n) is 3.04. The molecular formula is C12H14O3S. The molecule has 1 aliphatic carbocycles. The van der Waals surface area contributed by atoms with Crippen molar-refractivity contribution in [1.82, 2.24) is 0 Å². The smallest absolute Gasteiger partial charge is 0.345 e. The Hall–Kier alpha value is -1.16. The van der Waals surface area contributed by atoms with E-state index in [-0.39, 0.29) is 16.6 Å². The van der Waals surface area contributed by atoms with E-state index in [4.69, 9.17) is 5.11 Å². The van der Waals surface area contributed by atoms with Crippen LogP contribution in [0.5, 0.6) is 0 Å². The van der Waals surface area contributed by atoms with Crippen LogP contribution >= 0.6 is 11.3 Å². The Morgan fingerprint density at radius 3 is 2.31 bits per heavy atom. The predicted molar refractivity (Wildman–Crippen MR) is 62.2 cm³/mol. The molecule has 0 unspecified atom stereocenters. The number of hydrogen-bond acceptors (Lipinski definition) is 3. The van der Waals surface area contributed by atoms with Crippen LogP contribution in [0.15, 0.2) is 12.1 Å². The molecule has 0 atom stereocenters. The summed E-state index contributed by atoms with van der Waals surface area (Å²) in [6, 6.07) is 3.16. The maximum Gasteiger partial charge on any atom is 0.345 e. The molecule has 86 valence electrons. The summed E-state index contributed by atoms with van der Waals surface area (Å²) in [5.74, 6) is -0.695. The average Bonchev–Trinajstić information content (AvgIpc) is 2.78. The number of carboxylic acids is 1. The number of ketones is 1. The molecule has 4 heteroatoms. The van der Waals surface area contributed by atoms with Gasteiger partial charge in [0, 0.05) is 5.92 Å². The van der Waals surface area contributed by atoms with Crippen molar-refractivity contribution in [3.8, 4) is 0 Å². The summed E-state index contributed by atoms with van der Waals surface area (Å²) in [4.78, 5) is 23.6. The van der Waals surface area contributed by atoms with E-state index >= 15 is 0 Å². The fourth-order valence-corrected chi connectivity index (χ4v) is 3.01. The average molecular weight is 238 g/mol. The third kappa shape index (κ3) is 2.32. The van der Waals surface area contributed by atoms with E-state index in [0.29, 0.717) is 4.88 Å². The number of thiophene rings is 1. The van der Waals surface area contributed by atoms with Crippen molar-refractivity contribution in [1.29, 1.82) is 0 Å². The highest BCUT2D eigenvalue weighted by Crippen LogP contribution is 2.29. The van der Waals surface area contributed by atoms with Gasteiger partial charge in [-0.3, -0.25) is 4.79 Å². The van der Waals surface area contributed by atoms with Crippen LogP contribution in [0.3, 0.4) is 0 Å². The first-order valence-corrected chi connectivity index (χ1v) is 6.37. The van der Waals surface area contributed by atoms with Crippen LogP contribution in [-0.4, -0.2) is 16.9 Å². The summed E-state index contributed by atoms with van der Waals surface area (Å²) >= 11 is 1.09. The van der Waals surface area contributed by atoms with Crippen LogP contribution in [-0.2, 0) is 0 Å². The van der Waals surface area contributed by atoms with Crippen LogP contribution in [0.4, 0.5) is 0 Å². The normalized spacial score (nSPS) is 17.2. The van der Waals surface area contributed by atoms with E-state index in [1.54, 1.807) is 6.07 Å². The van der Waals surface area contributed by atoms with Crippen LogP contribution in [0.25, 0.3) is 0 Å². The molecule has 0 aromatic carbocycles. The molecule has 1 fully saturated rings. The number of carboxylic acid groups (broad SMARTS) is 1. The van der Waals surface area contributed by atoms with E-state index in [2.05, 4.69) is 0 Å². The third-order valence-corrected chi connectivity index (χ3v) is 4.12. The summed E-state index contributed by atoms with van der Waals surface area (Å²) < 4.78 is 0. The van der Waals surface area contributed by atoms with Gasteiger partial charge in [0.2, 0.25) is 0 Å². The van der Waals surface area contributed by atoms with Gasteiger partial charge in [-0.05, 0) is 25.0 Å². The number of aromatic carboxylic acids is 1. The maximum atomic E-state index is 12.1. The molecule has 0 aliphatic heterocycles. The van der Waals surface area contributed by atoms with Crippen molar-refractivity contribution < 1.29 is 14.7 Å². The van der Waals surface area contributed by atoms with E-state index in [9.17, 15) is 9.59 Å². The molecular weight excluding hydrogens is 224 g/mol. The number of rotatable bonds is 3. The molecule has 2 rings (SSSR count). The summed E-state index contributed by atoms with van der Waals surface area (Å²) in [6.45, 7) is 0. The van der Waals surface area contributed by atoms with Crippen molar-refractivity contribution in [2.75, 3.05) is 0 Å². The lowest BCUT2D eigenvalue weighted by molar-refractivity contribution is 0.0702. The summed E-state index contributed by atoms with van der Waals surface area (Å²) in [5, 5.41) is 8.79. The first kappa shape index (κ1) is 11.3. The van der Waals surface area contributed by atoms with Gasteiger partial charge < -0.3 is 5.11 Å². The second-order valence-corrected chi connectivity index (χ2v) is 5.25. The molecule has 0 radical (unpaired) electrons. The molecule has 1 aromatic rings. The predicted octanol–water partition coefficient (Wildman–Crippen LogP) is 3.21. The van der Waals surface area contributed by atoms with Crippen LogP contribution < -0.4 is 0 Å². The van der Waals surface area contributed by atoms with Crippen molar-refractivity contribution in [2.45, 2.75) is 32.1 Å². The Balaban J connectivity index is 2.10. The first-order valence-electron chi connectivity index (χ1n) is 5.56. The minimum Gasteiger partial charge on any atom is -0.477 e. The standard InChI is InChI=1S/C12H14O3S/c13-11(8-4-2-1-3-5-8)9-6-7-10(16-9)12(14)15/h6-8H,1-5H2,(H,14,15). The quantitative estimate of drug-likeness (QED) is 0.823. The zero-order valence-electron chi connectivity index (χ0n) is 8.94. The molecule has 0 amide bonds. The molecule has 1 aromatic heterocycles. The lowest BCUT2D eigenvalue weighted by Crippen LogP contribution is -2.16. The zero-order chi connectivity index (χ0) is 11.5. The van der Waals surface area contributed by atoms with Crippen molar-refractivity contribution in [3.05, 3.63) is 21.9 Å². The van der Waals surface area contributed by atoms with Crippen LogP contribution in [0.1, 0.15) is 51.4 Å². The van der Waals surface area contributed by atoms with Gasteiger partial charge >= 0.3 is 5.97 Å². The Labute approximate surface area is 98.1 Å². The largest absolute Gasteiger partial charge is 0.477 e. The fraction of sp³-hybridized carbons (Fsp3) is 0.500. The second-order valence-electron chi connectivity index (χ2n) is 4.17. The lowest BCUT2D eigenvalue weighted by atomic mass is 9.86. The second kappa shape index (κ2) is 4.78. The highest BCUT2D eigenvalue weighted by Gasteiger charge is 2.24. The van der Waals surface area contributed by atoms with Crippen molar-refractivity contribution >= 4 is 23.1 Å². The number of Topliss-reactive ketones (excluding diaryl/α,β-unsaturated/α-hetero) is 1. The first-order chi connectivity index (χ1) is 7.68. The lowest BCUT2D eigenvalue weighted by Gasteiger charge is -2.19. The number of carbonyl (C=O) groups excluding carboxylic acids is 1. The van der Waals surface area contributed by atoms with E-state index in [0.717, 1.165) is 37.0 Å². The molecule has 1 aliphatic rings. The van der Waals surface area contributed by atoms with Gasteiger partial charge in [-0.25, -0.2) is 4.79 Å². The molecule has 16 heavy (non-hydrogen) atoms. The highest BCUT2D eigenvalue weighted by molar-refractivity contribution is 7.15.